The van der Waals surface area contributed by atoms with Gasteiger partial charge in [-0.25, -0.2) is 4.39 Å². The van der Waals surface area contributed by atoms with E-state index in [1.807, 2.05) is 24.3 Å². The SMILES string of the molecule is COc1cccc(C2N(Cc3ccccc3C)CCN2Cc2ccccc2F)c1. The second kappa shape index (κ2) is 8.76. The Labute approximate surface area is 172 Å². The van der Waals surface area contributed by atoms with Crippen LogP contribution in [0.4, 0.5) is 4.39 Å². The number of halogens is 1. The Morgan fingerprint density at radius 1 is 0.862 bits per heavy atom. The normalized spacial score (nSPS) is 17.6. The summed E-state index contributed by atoms with van der Waals surface area (Å²) in [6.45, 7) is 5.43. The molecule has 0 aliphatic carbocycles. The van der Waals surface area contributed by atoms with Crippen LogP contribution < -0.4 is 4.74 Å². The number of aryl methyl sites for hydroxylation is 1. The molecule has 3 nitrogen and oxygen atoms in total. The number of rotatable bonds is 6. The molecule has 3 aromatic rings. The Hall–Kier alpha value is -2.69. The monoisotopic (exact) mass is 390 g/mol. The number of benzene rings is 3. The van der Waals surface area contributed by atoms with Crippen LogP contribution in [0, 0.1) is 12.7 Å². The molecule has 1 heterocycles. The fourth-order valence-corrected chi connectivity index (χ4v) is 4.14. The second-order valence-electron chi connectivity index (χ2n) is 7.61. The minimum atomic E-state index is -0.144. The smallest absolute Gasteiger partial charge is 0.127 e. The second-order valence-corrected chi connectivity index (χ2v) is 7.61. The maximum Gasteiger partial charge on any atom is 0.127 e. The summed E-state index contributed by atoms with van der Waals surface area (Å²) in [5.41, 5.74) is 4.53. The topological polar surface area (TPSA) is 15.7 Å². The molecule has 0 aromatic heterocycles. The summed E-state index contributed by atoms with van der Waals surface area (Å²) in [4.78, 5) is 4.82. The predicted molar refractivity (Wildman–Crippen MR) is 114 cm³/mol. The highest BCUT2D eigenvalue weighted by Gasteiger charge is 2.33. The molecule has 0 saturated carbocycles. The fraction of sp³-hybridized carbons (Fsp3) is 0.280. The Bertz CT molecular complexity index is 919. The van der Waals surface area contributed by atoms with Crippen LogP contribution in [-0.4, -0.2) is 30.0 Å². The van der Waals surface area contributed by atoms with Gasteiger partial charge in [0.25, 0.3) is 0 Å². The molecular formula is C25H27FN2O. The standard InChI is InChI=1S/C25H27FN2O/c1-19-8-3-4-9-21(19)17-27-14-15-28(18-22-10-5-6-13-24(22)26)25(27)20-11-7-12-23(16-20)29-2/h3-13,16,25H,14-15,17-18H2,1-2H3. The first kappa shape index (κ1) is 19.6. The molecule has 0 N–H and O–H groups in total. The van der Waals surface area contributed by atoms with Gasteiger partial charge in [-0.3, -0.25) is 9.80 Å². The largest absolute Gasteiger partial charge is 0.497 e. The first-order valence-corrected chi connectivity index (χ1v) is 10.1. The highest BCUT2D eigenvalue weighted by molar-refractivity contribution is 5.32. The van der Waals surface area contributed by atoms with E-state index in [-0.39, 0.29) is 12.0 Å². The van der Waals surface area contributed by atoms with Crippen molar-refractivity contribution in [2.24, 2.45) is 0 Å². The van der Waals surface area contributed by atoms with Crippen molar-refractivity contribution in [3.05, 3.63) is 101 Å². The molecule has 1 unspecified atom stereocenters. The summed E-state index contributed by atoms with van der Waals surface area (Å²) in [7, 11) is 1.69. The van der Waals surface area contributed by atoms with Crippen LogP contribution in [-0.2, 0) is 13.1 Å². The van der Waals surface area contributed by atoms with Gasteiger partial charge in [-0.1, -0.05) is 54.6 Å². The average molecular weight is 391 g/mol. The lowest BCUT2D eigenvalue weighted by Crippen LogP contribution is -2.31. The Kier molecular flexibility index (Phi) is 5.93. The molecular weight excluding hydrogens is 363 g/mol. The molecule has 1 saturated heterocycles. The first-order valence-electron chi connectivity index (χ1n) is 10.1. The van der Waals surface area contributed by atoms with E-state index in [9.17, 15) is 4.39 Å². The molecule has 150 valence electrons. The molecule has 1 aliphatic heterocycles. The molecule has 1 fully saturated rings. The van der Waals surface area contributed by atoms with Gasteiger partial charge < -0.3 is 4.74 Å². The van der Waals surface area contributed by atoms with Gasteiger partial charge in [0, 0.05) is 31.7 Å². The van der Waals surface area contributed by atoms with E-state index in [4.69, 9.17) is 4.74 Å². The molecule has 4 heteroatoms. The summed E-state index contributed by atoms with van der Waals surface area (Å²) in [5.74, 6) is 0.699. The zero-order valence-electron chi connectivity index (χ0n) is 17.0. The Morgan fingerprint density at radius 3 is 2.21 bits per heavy atom. The third kappa shape index (κ3) is 4.34. The third-order valence-corrected chi connectivity index (χ3v) is 5.72. The maximum absolute atomic E-state index is 14.3. The number of methoxy groups -OCH3 is 1. The number of ether oxygens (including phenoxy) is 1. The van der Waals surface area contributed by atoms with Crippen LogP contribution in [0.15, 0.2) is 72.8 Å². The lowest BCUT2D eigenvalue weighted by molar-refractivity contribution is 0.124. The molecule has 0 spiro atoms. The number of hydrogen-bond acceptors (Lipinski definition) is 3. The molecule has 4 rings (SSSR count). The summed E-state index contributed by atoms with van der Waals surface area (Å²) >= 11 is 0. The van der Waals surface area contributed by atoms with Gasteiger partial charge in [0.05, 0.1) is 13.3 Å². The van der Waals surface area contributed by atoms with Crippen LogP contribution in [0.1, 0.15) is 28.4 Å². The van der Waals surface area contributed by atoms with Crippen molar-refractivity contribution in [1.82, 2.24) is 9.80 Å². The zero-order valence-corrected chi connectivity index (χ0v) is 17.0. The van der Waals surface area contributed by atoms with E-state index in [0.29, 0.717) is 6.54 Å². The Morgan fingerprint density at radius 2 is 1.52 bits per heavy atom. The lowest BCUT2D eigenvalue weighted by Gasteiger charge is -2.31. The van der Waals surface area contributed by atoms with E-state index in [1.54, 1.807) is 13.2 Å². The summed E-state index contributed by atoms with van der Waals surface area (Å²) in [6.07, 6.45) is 0.0734. The van der Waals surface area contributed by atoms with Crippen LogP contribution in [0.3, 0.4) is 0 Å². The highest BCUT2D eigenvalue weighted by atomic mass is 19.1. The van der Waals surface area contributed by atoms with E-state index in [1.165, 1.54) is 22.8 Å². The Balaban J connectivity index is 1.66. The van der Waals surface area contributed by atoms with Crippen molar-refractivity contribution in [1.29, 1.82) is 0 Å². The molecule has 1 aliphatic rings. The highest BCUT2D eigenvalue weighted by Crippen LogP contribution is 2.34. The van der Waals surface area contributed by atoms with E-state index < -0.39 is 0 Å². The van der Waals surface area contributed by atoms with Crippen LogP contribution in [0.2, 0.25) is 0 Å². The van der Waals surface area contributed by atoms with Crippen LogP contribution >= 0.6 is 0 Å². The lowest BCUT2D eigenvalue weighted by atomic mass is 10.1. The van der Waals surface area contributed by atoms with Gasteiger partial charge in [0.15, 0.2) is 0 Å². The minimum absolute atomic E-state index is 0.0734. The van der Waals surface area contributed by atoms with Crippen molar-refractivity contribution < 1.29 is 9.13 Å². The van der Waals surface area contributed by atoms with Gasteiger partial charge in [0.2, 0.25) is 0 Å². The molecule has 0 bridgehead atoms. The number of nitrogens with zero attached hydrogens (tertiary/aromatic N) is 2. The van der Waals surface area contributed by atoms with Crippen molar-refractivity contribution in [2.75, 3.05) is 20.2 Å². The molecule has 1 atom stereocenters. The third-order valence-electron chi connectivity index (χ3n) is 5.72. The van der Waals surface area contributed by atoms with Crippen LogP contribution in [0.5, 0.6) is 5.75 Å². The van der Waals surface area contributed by atoms with Gasteiger partial charge in [-0.2, -0.15) is 0 Å². The average Bonchev–Trinajstić information content (AvgIpc) is 3.13. The molecule has 29 heavy (non-hydrogen) atoms. The summed E-state index contributed by atoms with van der Waals surface area (Å²) in [5, 5.41) is 0. The first-order chi connectivity index (χ1) is 14.2. The van der Waals surface area contributed by atoms with Gasteiger partial charge in [0.1, 0.15) is 11.6 Å². The van der Waals surface area contributed by atoms with Crippen molar-refractivity contribution in [3.8, 4) is 5.75 Å². The van der Waals surface area contributed by atoms with E-state index in [2.05, 4.69) is 53.1 Å². The van der Waals surface area contributed by atoms with Crippen molar-refractivity contribution >= 4 is 0 Å². The van der Waals surface area contributed by atoms with E-state index >= 15 is 0 Å². The summed E-state index contributed by atoms with van der Waals surface area (Å²) < 4.78 is 19.8. The van der Waals surface area contributed by atoms with Gasteiger partial charge in [-0.05, 0) is 41.8 Å². The molecule has 0 amide bonds. The molecule has 3 aromatic carbocycles. The van der Waals surface area contributed by atoms with Gasteiger partial charge >= 0.3 is 0 Å². The maximum atomic E-state index is 14.3. The van der Waals surface area contributed by atoms with E-state index in [0.717, 1.165) is 30.9 Å². The van der Waals surface area contributed by atoms with Crippen LogP contribution in [0.25, 0.3) is 0 Å². The number of hydrogen-bond donors (Lipinski definition) is 0. The van der Waals surface area contributed by atoms with Crippen molar-refractivity contribution in [2.45, 2.75) is 26.2 Å². The van der Waals surface area contributed by atoms with Crippen molar-refractivity contribution in [3.63, 3.8) is 0 Å². The predicted octanol–water partition coefficient (Wildman–Crippen LogP) is 5.16. The minimum Gasteiger partial charge on any atom is -0.497 e. The molecule has 0 radical (unpaired) electrons. The zero-order chi connectivity index (χ0) is 20.2. The fourth-order valence-electron chi connectivity index (χ4n) is 4.14. The quantitative estimate of drug-likeness (QED) is 0.578. The van der Waals surface area contributed by atoms with Gasteiger partial charge in [-0.15, -0.1) is 0 Å². The summed E-state index contributed by atoms with van der Waals surface area (Å²) in [6, 6.07) is 23.8.